The predicted molar refractivity (Wildman–Crippen MR) is 97.7 cm³/mol. The first-order valence-corrected chi connectivity index (χ1v) is 7.90. The minimum absolute atomic E-state index is 0.277. The number of amides is 1. The molecule has 0 unspecified atom stereocenters. The van der Waals surface area contributed by atoms with Crippen LogP contribution >= 0.6 is 0 Å². The van der Waals surface area contributed by atoms with Gasteiger partial charge in [0.25, 0.3) is 11.6 Å². The van der Waals surface area contributed by atoms with Gasteiger partial charge in [-0.25, -0.2) is 4.39 Å². The Balaban J connectivity index is 1.68. The molecule has 0 saturated carbocycles. The fraction of sp³-hybridized carbons (Fsp3) is 0.105. The van der Waals surface area contributed by atoms with E-state index in [1.807, 2.05) is 24.3 Å². The van der Waals surface area contributed by atoms with Crippen molar-refractivity contribution in [1.82, 2.24) is 0 Å². The van der Waals surface area contributed by atoms with Crippen molar-refractivity contribution in [1.29, 1.82) is 0 Å². The number of fused-ring (bicyclic) bond motifs is 1. The molecule has 1 N–H and O–H groups in total. The van der Waals surface area contributed by atoms with Gasteiger partial charge in [-0.3, -0.25) is 14.9 Å². The molecule has 0 bridgehead atoms. The van der Waals surface area contributed by atoms with Crippen molar-refractivity contribution < 1.29 is 23.6 Å². The standard InChI is InChI=1S/C19H15FN2O5/c1-26-15-5-2-12-3-6-16(9-13(12)8-15)27-11-19(23)21-18-10-14(22(24)25)4-7-17(18)20/h2-10H,11H2,1H3,(H,21,23). The Bertz CT molecular complexity index is 1020. The lowest BCUT2D eigenvalue weighted by Gasteiger charge is -2.09. The van der Waals surface area contributed by atoms with Crippen LogP contribution in [0.15, 0.2) is 54.6 Å². The summed E-state index contributed by atoms with van der Waals surface area (Å²) in [6, 6.07) is 13.8. The summed E-state index contributed by atoms with van der Waals surface area (Å²) in [7, 11) is 1.57. The number of benzene rings is 3. The van der Waals surface area contributed by atoms with Crippen LogP contribution in [0.3, 0.4) is 0 Å². The Labute approximate surface area is 153 Å². The predicted octanol–water partition coefficient (Wildman–Crippen LogP) is 3.91. The summed E-state index contributed by atoms with van der Waals surface area (Å²) < 4.78 is 24.3. The molecule has 0 fully saturated rings. The van der Waals surface area contributed by atoms with Crippen LogP contribution in [0.4, 0.5) is 15.8 Å². The van der Waals surface area contributed by atoms with Crippen molar-refractivity contribution in [3.63, 3.8) is 0 Å². The Morgan fingerprint density at radius 1 is 1.07 bits per heavy atom. The van der Waals surface area contributed by atoms with Gasteiger partial charge in [-0.05, 0) is 41.1 Å². The number of anilines is 1. The van der Waals surface area contributed by atoms with Gasteiger partial charge in [0, 0.05) is 12.1 Å². The molecule has 138 valence electrons. The molecule has 0 aliphatic carbocycles. The van der Waals surface area contributed by atoms with Gasteiger partial charge in [-0.2, -0.15) is 0 Å². The van der Waals surface area contributed by atoms with E-state index in [-0.39, 0.29) is 18.0 Å². The fourth-order valence-electron chi connectivity index (χ4n) is 2.48. The highest BCUT2D eigenvalue weighted by Crippen LogP contribution is 2.25. The number of hydrogen-bond acceptors (Lipinski definition) is 5. The maximum absolute atomic E-state index is 13.7. The molecular formula is C19H15FN2O5. The number of rotatable bonds is 6. The topological polar surface area (TPSA) is 90.7 Å². The van der Waals surface area contributed by atoms with Crippen LogP contribution in [-0.2, 0) is 4.79 Å². The lowest BCUT2D eigenvalue weighted by atomic mass is 10.1. The van der Waals surface area contributed by atoms with Crippen molar-refractivity contribution in [2.75, 3.05) is 19.0 Å². The Morgan fingerprint density at radius 3 is 2.48 bits per heavy atom. The number of nitrogens with zero attached hydrogens (tertiary/aromatic N) is 1. The van der Waals surface area contributed by atoms with Crippen molar-refractivity contribution in [2.45, 2.75) is 0 Å². The van der Waals surface area contributed by atoms with Crippen molar-refractivity contribution >= 4 is 28.1 Å². The first-order chi connectivity index (χ1) is 13.0. The number of hydrogen-bond donors (Lipinski definition) is 1. The third kappa shape index (κ3) is 4.30. The van der Waals surface area contributed by atoms with E-state index in [1.165, 1.54) is 0 Å². The van der Waals surface area contributed by atoms with Gasteiger partial charge >= 0.3 is 0 Å². The molecule has 3 aromatic carbocycles. The second-order valence-corrected chi connectivity index (χ2v) is 5.63. The van der Waals surface area contributed by atoms with Crippen LogP contribution in [0.25, 0.3) is 10.8 Å². The van der Waals surface area contributed by atoms with Crippen molar-refractivity contribution in [3.8, 4) is 11.5 Å². The molecule has 0 radical (unpaired) electrons. The van der Waals surface area contributed by atoms with E-state index < -0.39 is 16.6 Å². The average molecular weight is 370 g/mol. The number of carbonyl (C=O) groups is 1. The largest absolute Gasteiger partial charge is 0.497 e. The lowest BCUT2D eigenvalue weighted by molar-refractivity contribution is -0.384. The van der Waals surface area contributed by atoms with E-state index in [9.17, 15) is 19.3 Å². The molecule has 0 atom stereocenters. The Hall–Kier alpha value is -3.68. The van der Waals surface area contributed by atoms with Gasteiger partial charge in [-0.15, -0.1) is 0 Å². The van der Waals surface area contributed by atoms with E-state index >= 15 is 0 Å². The number of nitrogens with one attached hydrogen (secondary N) is 1. The number of methoxy groups -OCH3 is 1. The normalized spacial score (nSPS) is 10.4. The summed E-state index contributed by atoms with van der Waals surface area (Å²) in [5.74, 6) is -0.268. The van der Waals surface area contributed by atoms with Gasteiger partial charge in [0.1, 0.15) is 17.3 Å². The SMILES string of the molecule is COc1ccc2ccc(OCC(=O)Nc3cc([N+](=O)[O-])ccc3F)cc2c1. The quantitative estimate of drug-likeness (QED) is 0.525. The molecule has 0 heterocycles. The van der Waals surface area contributed by atoms with E-state index in [2.05, 4.69) is 5.32 Å². The summed E-state index contributed by atoms with van der Waals surface area (Å²) in [5, 5.41) is 14.9. The monoisotopic (exact) mass is 370 g/mol. The molecule has 3 aromatic rings. The minimum Gasteiger partial charge on any atom is -0.497 e. The molecule has 1 amide bonds. The van der Waals surface area contributed by atoms with Crippen molar-refractivity contribution in [2.24, 2.45) is 0 Å². The second-order valence-electron chi connectivity index (χ2n) is 5.63. The zero-order chi connectivity index (χ0) is 19.4. The first-order valence-electron chi connectivity index (χ1n) is 7.90. The molecule has 27 heavy (non-hydrogen) atoms. The van der Waals surface area contributed by atoms with Gasteiger partial charge < -0.3 is 14.8 Å². The highest BCUT2D eigenvalue weighted by molar-refractivity contribution is 5.92. The zero-order valence-corrected chi connectivity index (χ0v) is 14.3. The maximum atomic E-state index is 13.7. The highest BCUT2D eigenvalue weighted by atomic mass is 19.1. The number of halogens is 1. The van der Waals surface area contributed by atoms with Crippen LogP contribution in [0.5, 0.6) is 11.5 Å². The zero-order valence-electron chi connectivity index (χ0n) is 14.3. The second kappa shape index (κ2) is 7.69. The number of nitro groups is 1. The maximum Gasteiger partial charge on any atom is 0.271 e. The molecular weight excluding hydrogens is 355 g/mol. The Morgan fingerprint density at radius 2 is 1.78 bits per heavy atom. The molecule has 0 aliphatic heterocycles. The van der Waals surface area contributed by atoms with E-state index in [0.717, 1.165) is 29.0 Å². The first kappa shape index (κ1) is 18.1. The van der Waals surface area contributed by atoms with Gasteiger partial charge in [0.2, 0.25) is 0 Å². The number of carbonyl (C=O) groups excluding carboxylic acids is 1. The van der Waals surface area contributed by atoms with Crippen LogP contribution in [-0.4, -0.2) is 24.5 Å². The van der Waals surface area contributed by atoms with Crippen molar-refractivity contribution in [3.05, 3.63) is 70.5 Å². The molecule has 0 saturated heterocycles. The number of nitro benzene ring substituents is 1. The van der Waals surface area contributed by atoms with Crippen LogP contribution < -0.4 is 14.8 Å². The molecule has 0 aliphatic rings. The van der Waals surface area contributed by atoms with Gasteiger partial charge in [-0.1, -0.05) is 12.1 Å². The number of ether oxygens (including phenoxy) is 2. The summed E-state index contributed by atoms with van der Waals surface area (Å²) in [5.41, 5.74) is -0.600. The summed E-state index contributed by atoms with van der Waals surface area (Å²) >= 11 is 0. The van der Waals surface area contributed by atoms with Crippen LogP contribution in [0, 0.1) is 15.9 Å². The fourth-order valence-corrected chi connectivity index (χ4v) is 2.48. The molecule has 0 aromatic heterocycles. The van der Waals surface area contributed by atoms with E-state index in [1.54, 1.807) is 19.2 Å². The summed E-state index contributed by atoms with van der Waals surface area (Å²) in [6.45, 7) is -0.377. The van der Waals surface area contributed by atoms with Crippen LogP contribution in [0.2, 0.25) is 0 Å². The summed E-state index contributed by atoms with van der Waals surface area (Å²) in [6.07, 6.45) is 0. The van der Waals surface area contributed by atoms with Gasteiger partial charge in [0.15, 0.2) is 6.61 Å². The van der Waals surface area contributed by atoms with E-state index in [0.29, 0.717) is 11.5 Å². The molecule has 7 nitrogen and oxygen atoms in total. The average Bonchev–Trinajstić information content (AvgIpc) is 2.67. The molecule has 0 spiro atoms. The van der Waals surface area contributed by atoms with Gasteiger partial charge in [0.05, 0.1) is 17.7 Å². The molecule has 8 heteroatoms. The third-order valence-electron chi connectivity index (χ3n) is 3.82. The smallest absolute Gasteiger partial charge is 0.271 e. The lowest BCUT2D eigenvalue weighted by Crippen LogP contribution is -2.20. The minimum atomic E-state index is -0.772. The summed E-state index contributed by atoms with van der Waals surface area (Å²) in [4.78, 5) is 22.1. The Kier molecular flexibility index (Phi) is 5.16. The third-order valence-corrected chi connectivity index (χ3v) is 3.82. The van der Waals surface area contributed by atoms with E-state index in [4.69, 9.17) is 9.47 Å². The van der Waals surface area contributed by atoms with Crippen LogP contribution in [0.1, 0.15) is 0 Å². The highest BCUT2D eigenvalue weighted by Gasteiger charge is 2.13. The molecule has 3 rings (SSSR count). The number of non-ortho nitro benzene ring substituents is 1.